The average molecular weight is 406 g/mol. The summed E-state index contributed by atoms with van der Waals surface area (Å²) >= 11 is 0. The molecule has 1 aliphatic rings. The molecule has 0 fully saturated rings. The van der Waals surface area contributed by atoms with Gasteiger partial charge < -0.3 is 20.1 Å². The first-order chi connectivity index (χ1) is 14.5. The van der Waals surface area contributed by atoms with Gasteiger partial charge in [0.2, 0.25) is 0 Å². The minimum absolute atomic E-state index is 0.294. The van der Waals surface area contributed by atoms with E-state index in [2.05, 4.69) is 16.4 Å². The number of carboxylic acid groups (broad SMARTS) is 1. The minimum Gasteiger partial charge on any atom is -0.494 e. The van der Waals surface area contributed by atoms with Crippen LogP contribution >= 0.6 is 0 Å². The fraction of sp³-hybridized carbons (Fsp3) is 0.208. The molecule has 1 atom stereocenters. The van der Waals surface area contributed by atoms with Gasteiger partial charge in [0.1, 0.15) is 17.6 Å². The monoisotopic (exact) mass is 406 g/mol. The first-order valence-electron chi connectivity index (χ1n) is 9.87. The fourth-order valence-corrected chi connectivity index (χ4v) is 3.77. The van der Waals surface area contributed by atoms with Gasteiger partial charge in [0.05, 0.1) is 12.3 Å². The lowest BCUT2D eigenvalue weighted by Gasteiger charge is -2.19. The maximum atomic E-state index is 13.5. The summed E-state index contributed by atoms with van der Waals surface area (Å²) in [6, 6.07) is 9.65. The molecule has 1 unspecified atom stereocenters. The molecule has 30 heavy (non-hydrogen) atoms. The van der Waals surface area contributed by atoms with Crippen LogP contribution in [0, 0.1) is 12.7 Å². The maximum Gasteiger partial charge on any atom is 0.330 e. The van der Waals surface area contributed by atoms with Crippen LogP contribution in [0.3, 0.4) is 0 Å². The Hall–Kier alpha value is -3.54. The predicted molar refractivity (Wildman–Crippen MR) is 115 cm³/mol. The first-order valence-corrected chi connectivity index (χ1v) is 9.87. The Labute approximate surface area is 173 Å². The zero-order valence-corrected chi connectivity index (χ0v) is 16.8. The zero-order valence-electron chi connectivity index (χ0n) is 16.8. The molecular weight excluding hydrogens is 383 g/mol. The number of aromatic nitrogens is 1. The van der Waals surface area contributed by atoms with Crippen LogP contribution in [0.5, 0.6) is 5.75 Å². The second kappa shape index (κ2) is 8.06. The molecule has 1 aromatic heterocycles. The van der Waals surface area contributed by atoms with Crippen LogP contribution in [-0.4, -0.2) is 28.7 Å². The summed E-state index contributed by atoms with van der Waals surface area (Å²) in [5, 5.41) is 13.4. The highest BCUT2D eigenvalue weighted by atomic mass is 19.1. The van der Waals surface area contributed by atoms with E-state index in [1.165, 1.54) is 12.1 Å². The number of aromatic amines is 1. The van der Waals surface area contributed by atoms with E-state index in [1.807, 2.05) is 26.0 Å². The molecule has 5 nitrogen and oxygen atoms in total. The predicted octanol–water partition coefficient (Wildman–Crippen LogP) is 4.72. The van der Waals surface area contributed by atoms with Gasteiger partial charge in [0.15, 0.2) is 0 Å². The highest BCUT2D eigenvalue weighted by Crippen LogP contribution is 2.35. The number of H-pyrrole nitrogens is 1. The van der Waals surface area contributed by atoms with Crippen LogP contribution in [0.2, 0.25) is 0 Å². The number of benzene rings is 2. The molecule has 4 rings (SSSR count). The lowest BCUT2D eigenvalue weighted by molar-refractivity contribution is -0.138. The molecule has 2 aromatic carbocycles. The second-order valence-corrected chi connectivity index (χ2v) is 7.30. The summed E-state index contributed by atoms with van der Waals surface area (Å²) < 4.78 is 19.2. The summed E-state index contributed by atoms with van der Waals surface area (Å²) in [7, 11) is 0. The lowest BCUT2D eigenvalue weighted by Crippen LogP contribution is -2.36. The molecule has 0 spiro atoms. The zero-order chi connectivity index (χ0) is 21.3. The summed E-state index contributed by atoms with van der Waals surface area (Å²) in [4.78, 5) is 14.8. The molecule has 154 valence electrons. The summed E-state index contributed by atoms with van der Waals surface area (Å²) in [5.74, 6) is -0.406. The van der Waals surface area contributed by atoms with Crippen molar-refractivity contribution in [3.8, 4) is 17.0 Å². The van der Waals surface area contributed by atoms with Gasteiger partial charge in [-0.25, -0.2) is 9.18 Å². The average Bonchev–Trinajstić information content (AvgIpc) is 3.06. The highest BCUT2D eigenvalue weighted by Gasteiger charge is 2.21. The number of allylic oxidation sites excluding steroid dienone is 3. The number of aliphatic carboxylic acids is 1. The smallest absolute Gasteiger partial charge is 0.330 e. The van der Waals surface area contributed by atoms with Crippen molar-refractivity contribution in [2.45, 2.75) is 26.3 Å². The third-order valence-electron chi connectivity index (χ3n) is 5.21. The molecule has 0 amide bonds. The van der Waals surface area contributed by atoms with Crippen LogP contribution in [-0.2, 0) is 11.2 Å². The van der Waals surface area contributed by atoms with Gasteiger partial charge in [-0.3, -0.25) is 0 Å². The number of nitrogens with one attached hydrogen (secondary N) is 2. The minimum atomic E-state index is -0.924. The van der Waals surface area contributed by atoms with Crippen molar-refractivity contribution in [3.05, 3.63) is 77.3 Å². The Morgan fingerprint density at radius 1 is 1.23 bits per heavy atom. The maximum absolute atomic E-state index is 13.5. The molecule has 0 bridgehead atoms. The Morgan fingerprint density at radius 2 is 2.00 bits per heavy atom. The molecular formula is C24H23FN2O3. The largest absolute Gasteiger partial charge is 0.494 e. The second-order valence-electron chi connectivity index (χ2n) is 7.30. The Bertz CT molecular complexity index is 1160. The van der Waals surface area contributed by atoms with Crippen molar-refractivity contribution >= 4 is 16.9 Å². The van der Waals surface area contributed by atoms with Crippen molar-refractivity contribution in [1.82, 2.24) is 10.3 Å². The van der Waals surface area contributed by atoms with Crippen molar-refractivity contribution in [1.29, 1.82) is 0 Å². The summed E-state index contributed by atoms with van der Waals surface area (Å²) in [6.45, 7) is 4.52. The van der Waals surface area contributed by atoms with E-state index in [0.717, 1.165) is 44.7 Å². The number of carboxylic acids is 1. The number of halogens is 1. The quantitative estimate of drug-likeness (QED) is 0.554. The van der Waals surface area contributed by atoms with Crippen molar-refractivity contribution in [2.24, 2.45) is 0 Å². The molecule has 0 saturated carbocycles. The van der Waals surface area contributed by atoms with E-state index >= 15 is 0 Å². The van der Waals surface area contributed by atoms with Gasteiger partial charge in [-0.05, 0) is 66.9 Å². The number of dihydropyridines is 1. The molecule has 3 N–H and O–H groups in total. The van der Waals surface area contributed by atoms with Crippen molar-refractivity contribution in [3.63, 3.8) is 0 Å². The number of hydrogen-bond donors (Lipinski definition) is 3. The van der Waals surface area contributed by atoms with Crippen LogP contribution in [0.1, 0.15) is 18.1 Å². The van der Waals surface area contributed by atoms with Gasteiger partial charge in [-0.15, -0.1) is 0 Å². The van der Waals surface area contributed by atoms with Crippen LogP contribution in [0.15, 0.2) is 60.3 Å². The van der Waals surface area contributed by atoms with Gasteiger partial charge in [0.25, 0.3) is 0 Å². The van der Waals surface area contributed by atoms with E-state index in [-0.39, 0.29) is 5.82 Å². The fourth-order valence-electron chi connectivity index (χ4n) is 3.77. The molecule has 0 radical (unpaired) electrons. The van der Waals surface area contributed by atoms with E-state index in [4.69, 9.17) is 4.74 Å². The number of carbonyl (C=O) groups is 1. The van der Waals surface area contributed by atoms with Gasteiger partial charge in [-0.2, -0.15) is 0 Å². The number of aryl methyl sites for hydroxylation is 1. The van der Waals surface area contributed by atoms with E-state index < -0.39 is 12.0 Å². The molecule has 1 aliphatic heterocycles. The summed E-state index contributed by atoms with van der Waals surface area (Å²) in [6.07, 6.45) is 5.76. The number of hydrogen-bond acceptors (Lipinski definition) is 3. The lowest BCUT2D eigenvalue weighted by atomic mass is 9.98. The van der Waals surface area contributed by atoms with Crippen LogP contribution in [0.25, 0.3) is 22.2 Å². The third-order valence-corrected chi connectivity index (χ3v) is 5.21. The molecule has 3 aromatic rings. The van der Waals surface area contributed by atoms with Gasteiger partial charge >= 0.3 is 5.97 Å². The number of ether oxygens (including phenoxy) is 1. The molecule has 2 heterocycles. The SMILES string of the molecule is CCOc1cc2[nH]c(-c3ccc(F)cc3)c(CC3=CC=CC(C(=O)O)N3)c2cc1C. The molecule has 6 heteroatoms. The third kappa shape index (κ3) is 3.81. The Morgan fingerprint density at radius 3 is 2.70 bits per heavy atom. The van der Waals surface area contributed by atoms with Gasteiger partial charge in [-0.1, -0.05) is 12.2 Å². The standard InChI is InChI=1S/C24H23FN2O3/c1-3-30-22-13-21-18(11-14(22)2)19(12-17-5-4-6-20(26-17)24(28)29)23(27-21)15-7-9-16(25)10-8-15/h4-11,13,20,26-27H,3,12H2,1-2H3,(H,28,29). The topological polar surface area (TPSA) is 74.4 Å². The van der Waals surface area contributed by atoms with Crippen LogP contribution < -0.4 is 10.1 Å². The normalized spacial score (nSPS) is 15.7. The first kappa shape index (κ1) is 19.8. The van der Waals surface area contributed by atoms with Crippen molar-refractivity contribution < 1.29 is 19.0 Å². The van der Waals surface area contributed by atoms with Crippen LogP contribution in [0.4, 0.5) is 4.39 Å². The Kier molecular flexibility index (Phi) is 5.31. The van der Waals surface area contributed by atoms with E-state index in [0.29, 0.717) is 13.0 Å². The van der Waals surface area contributed by atoms with Gasteiger partial charge in [0, 0.05) is 29.1 Å². The number of fused-ring (bicyclic) bond motifs is 1. The summed E-state index contributed by atoms with van der Waals surface area (Å²) in [5.41, 5.74) is 5.49. The van der Waals surface area contributed by atoms with E-state index in [9.17, 15) is 14.3 Å². The number of rotatable bonds is 6. The molecule has 0 aliphatic carbocycles. The van der Waals surface area contributed by atoms with E-state index in [1.54, 1.807) is 24.3 Å². The molecule has 0 saturated heterocycles. The Balaban J connectivity index is 1.82. The van der Waals surface area contributed by atoms with Crippen molar-refractivity contribution in [2.75, 3.05) is 6.61 Å². The highest BCUT2D eigenvalue weighted by molar-refractivity contribution is 5.92.